The van der Waals surface area contributed by atoms with Crippen LogP contribution < -0.4 is 15.5 Å². The SMILES string of the molecule is CNC(=O)NC(=O)C(C)Sc1nnc(N2CCCC2)n1C1CC1. The van der Waals surface area contributed by atoms with Crippen LogP contribution in [0.15, 0.2) is 5.16 Å². The van der Waals surface area contributed by atoms with Crippen molar-refractivity contribution in [2.24, 2.45) is 0 Å². The van der Waals surface area contributed by atoms with E-state index in [4.69, 9.17) is 0 Å². The first-order chi connectivity index (χ1) is 11.1. The zero-order valence-corrected chi connectivity index (χ0v) is 14.2. The molecule has 1 unspecified atom stereocenters. The first-order valence-electron chi connectivity index (χ1n) is 7.99. The highest BCUT2D eigenvalue weighted by Crippen LogP contribution is 2.42. The Morgan fingerprint density at radius 2 is 1.96 bits per heavy atom. The maximum absolute atomic E-state index is 12.0. The molecule has 3 rings (SSSR count). The van der Waals surface area contributed by atoms with Crippen molar-refractivity contribution in [1.29, 1.82) is 0 Å². The van der Waals surface area contributed by atoms with E-state index in [2.05, 4.69) is 30.3 Å². The molecule has 8 nitrogen and oxygen atoms in total. The van der Waals surface area contributed by atoms with Gasteiger partial charge in [0.15, 0.2) is 5.16 Å². The number of carbonyl (C=O) groups is 2. The monoisotopic (exact) mass is 338 g/mol. The van der Waals surface area contributed by atoms with Crippen LogP contribution in [0.3, 0.4) is 0 Å². The van der Waals surface area contributed by atoms with E-state index >= 15 is 0 Å². The van der Waals surface area contributed by atoms with Gasteiger partial charge in [0.25, 0.3) is 0 Å². The molecule has 1 aromatic rings. The van der Waals surface area contributed by atoms with Crippen molar-refractivity contribution < 1.29 is 9.59 Å². The zero-order valence-electron chi connectivity index (χ0n) is 13.4. The summed E-state index contributed by atoms with van der Waals surface area (Å²) in [5.74, 6) is 0.592. The lowest BCUT2D eigenvalue weighted by Gasteiger charge is -2.18. The van der Waals surface area contributed by atoms with Gasteiger partial charge in [0.2, 0.25) is 11.9 Å². The van der Waals surface area contributed by atoms with Crippen LogP contribution in [0.1, 0.15) is 38.6 Å². The highest BCUT2D eigenvalue weighted by atomic mass is 32.2. The Kier molecular flexibility index (Phi) is 4.74. The van der Waals surface area contributed by atoms with E-state index in [1.54, 1.807) is 6.92 Å². The van der Waals surface area contributed by atoms with E-state index in [0.717, 1.165) is 37.0 Å². The normalized spacial score (nSPS) is 18.8. The van der Waals surface area contributed by atoms with Crippen LogP contribution in [0.4, 0.5) is 10.7 Å². The fourth-order valence-corrected chi connectivity index (χ4v) is 3.54. The maximum Gasteiger partial charge on any atom is 0.321 e. The summed E-state index contributed by atoms with van der Waals surface area (Å²) in [7, 11) is 1.48. The Morgan fingerprint density at radius 3 is 2.57 bits per heavy atom. The number of thioether (sulfide) groups is 1. The first kappa shape index (κ1) is 16.1. The summed E-state index contributed by atoms with van der Waals surface area (Å²) in [5, 5.41) is 13.7. The molecule has 9 heteroatoms. The molecule has 0 aromatic carbocycles. The molecule has 0 radical (unpaired) electrons. The van der Waals surface area contributed by atoms with E-state index in [-0.39, 0.29) is 5.91 Å². The third-order valence-corrected chi connectivity index (χ3v) is 5.12. The second-order valence-corrected chi connectivity index (χ2v) is 7.21. The summed E-state index contributed by atoms with van der Waals surface area (Å²) < 4.78 is 2.17. The van der Waals surface area contributed by atoms with Gasteiger partial charge < -0.3 is 10.2 Å². The predicted octanol–water partition coefficient (Wildman–Crippen LogP) is 1.15. The molecule has 1 aromatic heterocycles. The molecule has 1 aliphatic carbocycles. The standard InChI is InChI=1S/C14H22N6O2S/c1-9(11(21)16-12(22)15-2)23-14-18-17-13(19-7-3-4-8-19)20(14)10-5-6-10/h9-10H,3-8H2,1-2H3,(H2,15,16,21,22). The summed E-state index contributed by atoms with van der Waals surface area (Å²) in [6.45, 7) is 3.80. The molecule has 1 saturated carbocycles. The molecule has 1 atom stereocenters. The number of urea groups is 1. The second-order valence-electron chi connectivity index (χ2n) is 5.91. The van der Waals surface area contributed by atoms with Gasteiger partial charge in [0.1, 0.15) is 0 Å². The van der Waals surface area contributed by atoms with Crippen molar-refractivity contribution >= 4 is 29.6 Å². The number of nitrogens with one attached hydrogen (secondary N) is 2. The molecule has 2 N–H and O–H groups in total. The minimum Gasteiger partial charge on any atom is -0.341 e. The fraction of sp³-hybridized carbons (Fsp3) is 0.714. The third kappa shape index (κ3) is 3.60. The molecule has 2 aliphatic rings. The lowest BCUT2D eigenvalue weighted by Crippen LogP contribution is -2.41. The van der Waals surface area contributed by atoms with Crippen LogP contribution in [0.2, 0.25) is 0 Å². The van der Waals surface area contributed by atoms with Gasteiger partial charge >= 0.3 is 6.03 Å². The van der Waals surface area contributed by atoms with E-state index in [9.17, 15) is 9.59 Å². The molecule has 0 bridgehead atoms. The predicted molar refractivity (Wildman–Crippen MR) is 87.7 cm³/mol. The summed E-state index contributed by atoms with van der Waals surface area (Å²) in [6.07, 6.45) is 4.63. The molecule has 2 heterocycles. The van der Waals surface area contributed by atoms with Crippen LogP contribution >= 0.6 is 11.8 Å². The van der Waals surface area contributed by atoms with Crippen molar-refractivity contribution in [3.05, 3.63) is 0 Å². The number of nitrogens with zero attached hydrogens (tertiary/aromatic N) is 4. The van der Waals surface area contributed by atoms with Crippen molar-refractivity contribution in [2.45, 2.75) is 49.1 Å². The maximum atomic E-state index is 12.0. The quantitative estimate of drug-likeness (QED) is 0.783. The van der Waals surface area contributed by atoms with Gasteiger partial charge in [-0.3, -0.25) is 14.7 Å². The molecule has 1 aliphatic heterocycles. The Morgan fingerprint density at radius 1 is 1.26 bits per heavy atom. The molecule has 23 heavy (non-hydrogen) atoms. The van der Waals surface area contributed by atoms with Crippen molar-refractivity contribution in [2.75, 3.05) is 25.0 Å². The smallest absolute Gasteiger partial charge is 0.321 e. The lowest BCUT2D eigenvalue weighted by molar-refractivity contribution is -0.119. The van der Waals surface area contributed by atoms with Gasteiger partial charge in [-0.2, -0.15) is 0 Å². The topological polar surface area (TPSA) is 92.2 Å². The number of hydrogen-bond acceptors (Lipinski definition) is 6. The Bertz CT molecular complexity index is 594. The number of rotatable bonds is 5. The van der Waals surface area contributed by atoms with Gasteiger partial charge in [-0.25, -0.2) is 4.79 Å². The van der Waals surface area contributed by atoms with Gasteiger partial charge in [-0.05, 0) is 32.6 Å². The number of amides is 3. The average molecular weight is 338 g/mol. The molecule has 2 fully saturated rings. The fourth-order valence-electron chi connectivity index (χ4n) is 2.62. The zero-order chi connectivity index (χ0) is 16.4. The molecule has 1 saturated heterocycles. The molecule has 126 valence electrons. The number of hydrogen-bond donors (Lipinski definition) is 2. The molecular formula is C14H22N6O2S. The van der Waals surface area contributed by atoms with Crippen molar-refractivity contribution in [3.8, 4) is 0 Å². The third-order valence-electron chi connectivity index (χ3n) is 4.06. The van der Waals surface area contributed by atoms with E-state index in [0.29, 0.717) is 6.04 Å². The van der Waals surface area contributed by atoms with Gasteiger partial charge in [0.05, 0.1) is 5.25 Å². The van der Waals surface area contributed by atoms with Gasteiger partial charge in [-0.1, -0.05) is 11.8 Å². The van der Waals surface area contributed by atoms with Crippen LogP contribution in [0.5, 0.6) is 0 Å². The second kappa shape index (κ2) is 6.77. The van der Waals surface area contributed by atoms with E-state index < -0.39 is 11.3 Å². The number of carbonyl (C=O) groups excluding carboxylic acids is 2. The minimum atomic E-state index is -0.496. The van der Waals surface area contributed by atoms with Crippen molar-refractivity contribution in [3.63, 3.8) is 0 Å². The van der Waals surface area contributed by atoms with Crippen LogP contribution in [0, 0.1) is 0 Å². The minimum absolute atomic E-state index is 0.331. The molecule has 3 amide bonds. The van der Waals surface area contributed by atoms with E-state index in [1.165, 1.54) is 31.7 Å². The van der Waals surface area contributed by atoms with Crippen LogP contribution in [0.25, 0.3) is 0 Å². The molecular weight excluding hydrogens is 316 g/mol. The van der Waals surface area contributed by atoms with Crippen LogP contribution in [-0.2, 0) is 4.79 Å². The summed E-state index contributed by atoms with van der Waals surface area (Å²) in [4.78, 5) is 25.5. The Labute approximate surface area is 139 Å². The number of anilines is 1. The average Bonchev–Trinajstić information content (AvgIpc) is 3.07. The Balaban J connectivity index is 1.72. The summed E-state index contributed by atoms with van der Waals surface area (Å²) in [5.41, 5.74) is 0. The highest BCUT2D eigenvalue weighted by Gasteiger charge is 2.33. The largest absolute Gasteiger partial charge is 0.341 e. The Hall–Kier alpha value is -1.77. The number of imide groups is 1. The van der Waals surface area contributed by atoms with Gasteiger partial charge in [0, 0.05) is 26.2 Å². The molecule has 0 spiro atoms. The summed E-state index contributed by atoms with van der Waals surface area (Å²) in [6, 6.07) is -0.0545. The van der Waals surface area contributed by atoms with Gasteiger partial charge in [-0.15, -0.1) is 10.2 Å². The highest BCUT2D eigenvalue weighted by molar-refractivity contribution is 8.00. The van der Waals surface area contributed by atoms with Crippen molar-refractivity contribution in [1.82, 2.24) is 25.4 Å². The lowest BCUT2D eigenvalue weighted by atomic mass is 10.4. The van der Waals surface area contributed by atoms with E-state index in [1.807, 2.05) is 0 Å². The first-order valence-corrected chi connectivity index (χ1v) is 8.87. The van der Waals surface area contributed by atoms with Crippen LogP contribution in [-0.4, -0.2) is 52.1 Å². The number of aromatic nitrogens is 3. The summed E-state index contributed by atoms with van der Waals surface area (Å²) >= 11 is 1.35.